The Morgan fingerprint density at radius 3 is 2.62 bits per heavy atom. The van der Waals surface area contributed by atoms with Gasteiger partial charge in [-0.2, -0.15) is 0 Å². The number of nitrogens with zero attached hydrogens (tertiary/aromatic N) is 1. The van der Waals surface area contributed by atoms with Crippen molar-refractivity contribution in [2.24, 2.45) is 0 Å². The summed E-state index contributed by atoms with van der Waals surface area (Å²) >= 11 is 0. The summed E-state index contributed by atoms with van der Waals surface area (Å²) in [7, 11) is 0. The Morgan fingerprint density at radius 2 is 1.95 bits per heavy atom. The standard InChI is InChI=1S/C17H26N2O2/c1-2-15-4-6-16(7-5-15)17(20)14-18-8-3-9-19-10-12-21-13-11-19/h4-7,18H,2-3,8-14H2,1H3. The van der Waals surface area contributed by atoms with Gasteiger partial charge in [0.25, 0.3) is 0 Å². The lowest BCUT2D eigenvalue weighted by atomic mass is 10.1. The number of hydrogen-bond donors (Lipinski definition) is 1. The molecule has 21 heavy (non-hydrogen) atoms. The van der Waals surface area contributed by atoms with Gasteiger partial charge in [-0.15, -0.1) is 0 Å². The summed E-state index contributed by atoms with van der Waals surface area (Å²) in [6, 6.07) is 7.92. The van der Waals surface area contributed by atoms with Crippen LogP contribution in [0.3, 0.4) is 0 Å². The quantitative estimate of drug-likeness (QED) is 0.585. The first-order chi connectivity index (χ1) is 10.3. The molecule has 0 saturated carbocycles. The number of ether oxygens (including phenoxy) is 1. The Balaban J connectivity index is 1.60. The average Bonchev–Trinajstić information content (AvgIpc) is 2.55. The van der Waals surface area contributed by atoms with Crippen LogP contribution in [-0.4, -0.2) is 56.6 Å². The molecule has 1 saturated heterocycles. The molecule has 0 amide bonds. The first-order valence-electron chi connectivity index (χ1n) is 7.92. The summed E-state index contributed by atoms with van der Waals surface area (Å²) in [5.74, 6) is 0.170. The van der Waals surface area contributed by atoms with Gasteiger partial charge in [0.15, 0.2) is 5.78 Å². The van der Waals surface area contributed by atoms with Crippen molar-refractivity contribution in [3.8, 4) is 0 Å². The highest BCUT2D eigenvalue weighted by atomic mass is 16.5. The molecular weight excluding hydrogens is 264 g/mol. The Morgan fingerprint density at radius 1 is 1.24 bits per heavy atom. The third kappa shape index (κ3) is 5.58. The fourth-order valence-electron chi connectivity index (χ4n) is 2.48. The summed E-state index contributed by atoms with van der Waals surface area (Å²) in [5, 5.41) is 3.24. The number of rotatable bonds is 8. The zero-order chi connectivity index (χ0) is 14.9. The van der Waals surface area contributed by atoms with Crippen LogP contribution in [0.4, 0.5) is 0 Å². The highest BCUT2D eigenvalue weighted by Gasteiger charge is 2.09. The van der Waals surface area contributed by atoms with Crippen molar-refractivity contribution in [3.63, 3.8) is 0 Å². The Bertz CT molecular complexity index is 425. The molecule has 2 rings (SSSR count). The van der Waals surface area contributed by atoms with Crippen LogP contribution in [0.5, 0.6) is 0 Å². The topological polar surface area (TPSA) is 41.6 Å². The van der Waals surface area contributed by atoms with E-state index in [9.17, 15) is 4.79 Å². The van der Waals surface area contributed by atoms with Crippen molar-refractivity contribution in [2.75, 3.05) is 45.9 Å². The molecule has 0 aromatic heterocycles. The van der Waals surface area contributed by atoms with Crippen LogP contribution in [0.1, 0.15) is 29.3 Å². The molecule has 116 valence electrons. The third-order valence-electron chi connectivity index (χ3n) is 3.90. The van der Waals surface area contributed by atoms with Crippen LogP contribution in [0.15, 0.2) is 24.3 Å². The van der Waals surface area contributed by atoms with Gasteiger partial charge in [-0.1, -0.05) is 31.2 Å². The third-order valence-corrected chi connectivity index (χ3v) is 3.90. The fourth-order valence-corrected chi connectivity index (χ4v) is 2.48. The normalized spacial score (nSPS) is 16.0. The molecular formula is C17H26N2O2. The number of nitrogens with one attached hydrogen (secondary N) is 1. The van der Waals surface area contributed by atoms with E-state index in [0.29, 0.717) is 6.54 Å². The molecule has 0 unspecified atom stereocenters. The van der Waals surface area contributed by atoms with Gasteiger partial charge < -0.3 is 10.1 Å². The Labute approximate surface area is 127 Å². The van der Waals surface area contributed by atoms with Crippen LogP contribution < -0.4 is 5.32 Å². The second kappa shape index (κ2) is 8.93. The summed E-state index contributed by atoms with van der Waals surface area (Å²) in [6.07, 6.45) is 2.08. The van der Waals surface area contributed by atoms with E-state index in [-0.39, 0.29) is 5.78 Å². The van der Waals surface area contributed by atoms with Gasteiger partial charge in [0.05, 0.1) is 19.8 Å². The van der Waals surface area contributed by atoms with E-state index >= 15 is 0 Å². The second-order valence-electron chi connectivity index (χ2n) is 5.46. The van der Waals surface area contributed by atoms with Crippen molar-refractivity contribution >= 4 is 5.78 Å². The van der Waals surface area contributed by atoms with Crippen molar-refractivity contribution in [2.45, 2.75) is 19.8 Å². The first-order valence-corrected chi connectivity index (χ1v) is 7.92. The molecule has 1 N–H and O–H groups in total. The van der Waals surface area contributed by atoms with Crippen molar-refractivity contribution in [3.05, 3.63) is 35.4 Å². The minimum Gasteiger partial charge on any atom is -0.379 e. The predicted octanol–water partition coefficient (Wildman–Crippen LogP) is 1.74. The van der Waals surface area contributed by atoms with Crippen LogP contribution in [0, 0.1) is 0 Å². The summed E-state index contributed by atoms with van der Waals surface area (Å²) in [5.41, 5.74) is 2.07. The SMILES string of the molecule is CCc1ccc(C(=O)CNCCCN2CCOCC2)cc1. The smallest absolute Gasteiger partial charge is 0.176 e. The molecule has 1 aliphatic rings. The highest BCUT2D eigenvalue weighted by molar-refractivity contribution is 5.97. The van der Waals surface area contributed by atoms with Gasteiger partial charge in [0, 0.05) is 18.7 Å². The van der Waals surface area contributed by atoms with Gasteiger partial charge in [-0.05, 0) is 31.5 Å². The van der Waals surface area contributed by atoms with Crippen molar-refractivity contribution in [1.29, 1.82) is 0 Å². The lowest BCUT2D eigenvalue weighted by Gasteiger charge is -2.26. The van der Waals surface area contributed by atoms with Crippen LogP contribution >= 0.6 is 0 Å². The van der Waals surface area contributed by atoms with Gasteiger partial charge in [-0.3, -0.25) is 9.69 Å². The van der Waals surface area contributed by atoms with Crippen LogP contribution in [-0.2, 0) is 11.2 Å². The molecule has 0 spiro atoms. The molecule has 1 heterocycles. The van der Waals surface area contributed by atoms with Crippen LogP contribution in [0.2, 0.25) is 0 Å². The molecule has 1 aliphatic heterocycles. The molecule has 1 aromatic rings. The number of carbonyl (C=O) groups is 1. The Kier molecular flexibility index (Phi) is 6.86. The molecule has 0 atom stereocenters. The number of morpholine rings is 1. The minimum absolute atomic E-state index is 0.170. The van der Waals surface area contributed by atoms with Crippen molar-refractivity contribution in [1.82, 2.24) is 10.2 Å². The van der Waals surface area contributed by atoms with Crippen LogP contribution in [0.25, 0.3) is 0 Å². The summed E-state index contributed by atoms with van der Waals surface area (Å²) in [6.45, 7) is 8.26. The zero-order valence-electron chi connectivity index (χ0n) is 12.9. The van der Waals surface area contributed by atoms with Gasteiger partial charge in [0.1, 0.15) is 0 Å². The highest BCUT2D eigenvalue weighted by Crippen LogP contribution is 2.05. The molecule has 4 heteroatoms. The maximum Gasteiger partial charge on any atom is 0.176 e. The average molecular weight is 290 g/mol. The van der Waals surface area contributed by atoms with E-state index in [0.717, 1.165) is 57.8 Å². The largest absolute Gasteiger partial charge is 0.379 e. The van der Waals surface area contributed by atoms with E-state index in [2.05, 4.69) is 17.1 Å². The molecule has 0 bridgehead atoms. The number of Topliss-reactive ketones (excluding diaryl/α,β-unsaturated/α-hetero) is 1. The van der Waals surface area contributed by atoms with Gasteiger partial charge in [0.2, 0.25) is 0 Å². The molecule has 1 fully saturated rings. The van der Waals surface area contributed by atoms with E-state index in [1.54, 1.807) is 0 Å². The lowest BCUT2D eigenvalue weighted by molar-refractivity contribution is 0.0375. The van der Waals surface area contributed by atoms with E-state index < -0.39 is 0 Å². The Hall–Kier alpha value is -1.23. The predicted molar refractivity (Wildman–Crippen MR) is 84.9 cm³/mol. The van der Waals surface area contributed by atoms with E-state index in [1.807, 2.05) is 24.3 Å². The molecule has 0 aliphatic carbocycles. The van der Waals surface area contributed by atoms with Crippen molar-refractivity contribution < 1.29 is 9.53 Å². The van der Waals surface area contributed by atoms with E-state index in [1.165, 1.54) is 5.56 Å². The number of ketones is 1. The monoisotopic (exact) mass is 290 g/mol. The maximum atomic E-state index is 12.0. The summed E-state index contributed by atoms with van der Waals surface area (Å²) in [4.78, 5) is 14.4. The number of hydrogen-bond acceptors (Lipinski definition) is 4. The fraction of sp³-hybridized carbons (Fsp3) is 0.588. The lowest BCUT2D eigenvalue weighted by Crippen LogP contribution is -2.38. The van der Waals surface area contributed by atoms with Gasteiger partial charge >= 0.3 is 0 Å². The summed E-state index contributed by atoms with van der Waals surface area (Å²) < 4.78 is 5.32. The first kappa shape index (κ1) is 16.1. The number of benzene rings is 1. The van der Waals surface area contributed by atoms with Gasteiger partial charge in [-0.25, -0.2) is 0 Å². The molecule has 4 nitrogen and oxygen atoms in total. The zero-order valence-corrected chi connectivity index (χ0v) is 12.9. The minimum atomic E-state index is 0.170. The molecule has 0 radical (unpaired) electrons. The second-order valence-corrected chi connectivity index (χ2v) is 5.46. The molecule has 1 aromatic carbocycles. The number of aryl methyl sites for hydroxylation is 1. The number of carbonyl (C=O) groups excluding carboxylic acids is 1. The van der Waals surface area contributed by atoms with E-state index in [4.69, 9.17) is 4.74 Å². The maximum absolute atomic E-state index is 12.0.